The van der Waals surface area contributed by atoms with Gasteiger partial charge in [0.15, 0.2) is 0 Å². The standard InChI is InChI=1S/C12H23NO/c1-14-10-9-12(7-2-3-8-12)13-11-5-4-6-11/h11,13H,2-10H2,1H3. The first-order chi connectivity index (χ1) is 6.85. The second kappa shape index (κ2) is 4.63. The smallest absolute Gasteiger partial charge is 0.0479 e. The van der Waals surface area contributed by atoms with Crippen LogP contribution in [0.5, 0.6) is 0 Å². The average molecular weight is 197 g/mol. The number of hydrogen-bond acceptors (Lipinski definition) is 2. The molecule has 0 aromatic carbocycles. The molecule has 0 spiro atoms. The molecule has 2 rings (SSSR count). The van der Waals surface area contributed by atoms with Crippen molar-refractivity contribution < 1.29 is 4.74 Å². The van der Waals surface area contributed by atoms with E-state index in [1.165, 1.54) is 51.4 Å². The summed E-state index contributed by atoms with van der Waals surface area (Å²) in [6.45, 7) is 0.916. The Hall–Kier alpha value is -0.0800. The topological polar surface area (TPSA) is 21.3 Å². The molecule has 0 saturated heterocycles. The minimum absolute atomic E-state index is 0.446. The van der Waals surface area contributed by atoms with Crippen LogP contribution in [0.2, 0.25) is 0 Å². The van der Waals surface area contributed by atoms with Crippen molar-refractivity contribution in [1.29, 1.82) is 0 Å². The van der Waals surface area contributed by atoms with Gasteiger partial charge < -0.3 is 10.1 Å². The third kappa shape index (κ3) is 2.29. The molecule has 0 unspecified atom stereocenters. The maximum absolute atomic E-state index is 5.22. The van der Waals surface area contributed by atoms with Crippen molar-refractivity contribution >= 4 is 0 Å². The van der Waals surface area contributed by atoms with Gasteiger partial charge in [0.2, 0.25) is 0 Å². The summed E-state index contributed by atoms with van der Waals surface area (Å²) in [5.41, 5.74) is 0.446. The number of hydrogen-bond donors (Lipinski definition) is 1. The zero-order chi connectivity index (χ0) is 9.86. The van der Waals surface area contributed by atoms with E-state index in [1.807, 2.05) is 7.11 Å². The van der Waals surface area contributed by atoms with Crippen LogP contribution in [-0.4, -0.2) is 25.3 Å². The Morgan fingerprint density at radius 1 is 1.21 bits per heavy atom. The summed E-state index contributed by atoms with van der Waals surface area (Å²) >= 11 is 0. The highest BCUT2D eigenvalue weighted by molar-refractivity contribution is 4.96. The fourth-order valence-electron chi connectivity index (χ4n) is 2.80. The number of rotatable bonds is 5. The van der Waals surface area contributed by atoms with E-state index in [9.17, 15) is 0 Å². The first-order valence-corrected chi connectivity index (χ1v) is 6.11. The lowest BCUT2D eigenvalue weighted by atomic mass is 9.86. The van der Waals surface area contributed by atoms with Crippen LogP contribution in [0.1, 0.15) is 51.4 Å². The Morgan fingerprint density at radius 2 is 1.93 bits per heavy atom. The summed E-state index contributed by atoms with van der Waals surface area (Å²) in [7, 11) is 1.81. The Bertz CT molecular complexity index is 171. The molecule has 82 valence electrons. The monoisotopic (exact) mass is 197 g/mol. The van der Waals surface area contributed by atoms with Gasteiger partial charge in [-0.25, -0.2) is 0 Å². The number of ether oxygens (including phenoxy) is 1. The second-order valence-electron chi connectivity index (χ2n) is 5.00. The molecule has 2 heteroatoms. The van der Waals surface area contributed by atoms with Gasteiger partial charge in [0.05, 0.1) is 0 Å². The summed E-state index contributed by atoms with van der Waals surface area (Å²) in [5.74, 6) is 0. The Kier molecular flexibility index (Phi) is 3.45. The van der Waals surface area contributed by atoms with Crippen LogP contribution in [-0.2, 0) is 4.74 Å². The van der Waals surface area contributed by atoms with Crippen molar-refractivity contribution in [3.05, 3.63) is 0 Å². The maximum Gasteiger partial charge on any atom is 0.0479 e. The molecular formula is C12H23NO. The highest BCUT2D eigenvalue weighted by Gasteiger charge is 2.36. The second-order valence-corrected chi connectivity index (χ2v) is 5.00. The summed E-state index contributed by atoms with van der Waals surface area (Å²) in [6.07, 6.45) is 11.0. The lowest BCUT2D eigenvalue weighted by molar-refractivity contribution is 0.137. The highest BCUT2D eigenvalue weighted by atomic mass is 16.5. The van der Waals surface area contributed by atoms with Crippen LogP contribution in [0.15, 0.2) is 0 Å². The van der Waals surface area contributed by atoms with E-state index in [1.54, 1.807) is 0 Å². The molecule has 0 heterocycles. The maximum atomic E-state index is 5.22. The molecule has 2 nitrogen and oxygen atoms in total. The van der Waals surface area contributed by atoms with Gasteiger partial charge in [0.1, 0.15) is 0 Å². The Balaban J connectivity index is 1.84. The fourth-order valence-corrected chi connectivity index (χ4v) is 2.80. The predicted octanol–water partition coefficient (Wildman–Crippen LogP) is 2.48. The SMILES string of the molecule is COCCC1(NC2CCC2)CCCC1. The lowest BCUT2D eigenvalue weighted by Crippen LogP contribution is -2.51. The van der Waals surface area contributed by atoms with Gasteiger partial charge in [-0.15, -0.1) is 0 Å². The fraction of sp³-hybridized carbons (Fsp3) is 1.00. The van der Waals surface area contributed by atoms with Crippen LogP contribution in [0.4, 0.5) is 0 Å². The first kappa shape index (κ1) is 10.4. The van der Waals surface area contributed by atoms with Gasteiger partial charge in [-0.3, -0.25) is 0 Å². The highest BCUT2D eigenvalue weighted by Crippen LogP contribution is 2.35. The van der Waals surface area contributed by atoms with Crippen LogP contribution < -0.4 is 5.32 Å². The Labute approximate surface area is 87.4 Å². The summed E-state index contributed by atoms with van der Waals surface area (Å²) in [6, 6.07) is 0.824. The number of nitrogens with one attached hydrogen (secondary N) is 1. The molecular weight excluding hydrogens is 174 g/mol. The molecule has 2 fully saturated rings. The molecule has 2 aliphatic carbocycles. The molecule has 14 heavy (non-hydrogen) atoms. The van der Waals surface area contributed by atoms with Crippen LogP contribution in [0.25, 0.3) is 0 Å². The lowest BCUT2D eigenvalue weighted by Gasteiger charge is -2.39. The largest absolute Gasteiger partial charge is 0.385 e. The average Bonchev–Trinajstić information content (AvgIpc) is 2.58. The quantitative estimate of drug-likeness (QED) is 0.731. The zero-order valence-corrected chi connectivity index (χ0v) is 9.35. The van der Waals surface area contributed by atoms with Gasteiger partial charge in [-0.1, -0.05) is 19.3 Å². The Morgan fingerprint density at radius 3 is 2.43 bits per heavy atom. The van der Waals surface area contributed by atoms with Crippen molar-refractivity contribution in [3.63, 3.8) is 0 Å². The molecule has 0 aromatic rings. The summed E-state index contributed by atoms with van der Waals surface area (Å²) < 4.78 is 5.22. The van der Waals surface area contributed by atoms with E-state index in [2.05, 4.69) is 5.32 Å². The first-order valence-electron chi connectivity index (χ1n) is 6.11. The van der Waals surface area contributed by atoms with E-state index in [0.717, 1.165) is 12.6 Å². The molecule has 2 saturated carbocycles. The normalized spacial score (nSPS) is 26.4. The van der Waals surface area contributed by atoms with E-state index >= 15 is 0 Å². The minimum Gasteiger partial charge on any atom is -0.385 e. The van der Waals surface area contributed by atoms with Crippen molar-refractivity contribution in [1.82, 2.24) is 5.32 Å². The number of methoxy groups -OCH3 is 1. The zero-order valence-electron chi connectivity index (χ0n) is 9.35. The van der Waals surface area contributed by atoms with Crippen molar-refractivity contribution in [2.75, 3.05) is 13.7 Å². The molecule has 1 N–H and O–H groups in total. The van der Waals surface area contributed by atoms with Crippen LogP contribution in [0.3, 0.4) is 0 Å². The molecule has 0 atom stereocenters. The third-order valence-electron chi connectivity index (χ3n) is 3.96. The van der Waals surface area contributed by atoms with Crippen molar-refractivity contribution in [2.45, 2.75) is 62.9 Å². The molecule has 0 aromatic heterocycles. The molecule has 0 radical (unpaired) electrons. The van der Waals surface area contributed by atoms with E-state index < -0.39 is 0 Å². The summed E-state index contributed by atoms with van der Waals surface area (Å²) in [4.78, 5) is 0. The predicted molar refractivity (Wildman–Crippen MR) is 58.5 cm³/mol. The van der Waals surface area contributed by atoms with E-state index in [4.69, 9.17) is 4.74 Å². The molecule has 0 bridgehead atoms. The van der Waals surface area contributed by atoms with Gasteiger partial charge >= 0.3 is 0 Å². The van der Waals surface area contributed by atoms with Gasteiger partial charge in [-0.05, 0) is 32.1 Å². The van der Waals surface area contributed by atoms with Crippen LogP contribution in [0, 0.1) is 0 Å². The molecule has 2 aliphatic rings. The van der Waals surface area contributed by atoms with E-state index in [-0.39, 0.29) is 0 Å². The van der Waals surface area contributed by atoms with Gasteiger partial charge in [-0.2, -0.15) is 0 Å². The third-order valence-corrected chi connectivity index (χ3v) is 3.96. The van der Waals surface area contributed by atoms with Gasteiger partial charge in [0, 0.05) is 25.3 Å². The molecule has 0 amide bonds. The minimum atomic E-state index is 0.446. The van der Waals surface area contributed by atoms with Crippen LogP contribution >= 0.6 is 0 Å². The summed E-state index contributed by atoms with van der Waals surface area (Å²) in [5, 5.41) is 3.88. The molecule has 0 aliphatic heterocycles. The van der Waals surface area contributed by atoms with E-state index in [0.29, 0.717) is 5.54 Å². The van der Waals surface area contributed by atoms with Gasteiger partial charge in [0.25, 0.3) is 0 Å². The van der Waals surface area contributed by atoms with Crippen molar-refractivity contribution in [3.8, 4) is 0 Å². The van der Waals surface area contributed by atoms with Crippen molar-refractivity contribution in [2.24, 2.45) is 0 Å².